The SMILES string of the molecule is O=C(N[C@]1(C(F)(F)F)NC(=O)N(c2cccc(Cl)c2)C1=O)c1ccc(F)cc1. The first-order valence-electron chi connectivity index (χ1n) is 7.62. The molecule has 1 aliphatic rings. The van der Waals surface area contributed by atoms with Crippen LogP contribution in [0, 0.1) is 5.82 Å². The number of urea groups is 1. The molecule has 4 amide bonds. The van der Waals surface area contributed by atoms with Crippen molar-refractivity contribution in [2.45, 2.75) is 11.8 Å². The first kappa shape index (κ1) is 19.6. The van der Waals surface area contributed by atoms with E-state index in [4.69, 9.17) is 11.6 Å². The number of amides is 4. The number of halogens is 5. The molecule has 2 aromatic carbocycles. The lowest BCUT2D eigenvalue weighted by Gasteiger charge is -2.29. The third-order valence-corrected chi connectivity index (χ3v) is 4.16. The quantitative estimate of drug-likeness (QED) is 0.597. The van der Waals surface area contributed by atoms with Crippen molar-refractivity contribution in [1.82, 2.24) is 10.6 Å². The van der Waals surface area contributed by atoms with Crippen LogP contribution in [0.15, 0.2) is 48.5 Å². The zero-order valence-electron chi connectivity index (χ0n) is 13.7. The molecule has 1 heterocycles. The Bertz CT molecular complexity index is 965. The molecule has 0 saturated carbocycles. The highest BCUT2D eigenvalue weighted by molar-refractivity contribution is 6.31. The van der Waals surface area contributed by atoms with E-state index in [9.17, 15) is 31.9 Å². The molecule has 28 heavy (non-hydrogen) atoms. The topological polar surface area (TPSA) is 78.5 Å². The van der Waals surface area contributed by atoms with Crippen molar-refractivity contribution in [2.24, 2.45) is 0 Å². The number of anilines is 1. The number of hydrogen-bond acceptors (Lipinski definition) is 3. The average Bonchev–Trinajstić information content (AvgIpc) is 2.86. The summed E-state index contributed by atoms with van der Waals surface area (Å²) in [6.07, 6.45) is -5.37. The summed E-state index contributed by atoms with van der Waals surface area (Å²) in [5.74, 6) is -3.80. The van der Waals surface area contributed by atoms with Gasteiger partial charge in [-0.1, -0.05) is 17.7 Å². The summed E-state index contributed by atoms with van der Waals surface area (Å²) in [6.45, 7) is 0. The van der Waals surface area contributed by atoms with E-state index in [0.717, 1.165) is 30.3 Å². The number of carbonyl (C=O) groups excluding carboxylic acids is 3. The third-order valence-electron chi connectivity index (χ3n) is 3.92. The van der Waals surface area contributed by atoms with Gasteiger partial charge in [-0.15, -0.1) is 0 Å². The maximum absolute atomic E-state index is 13.8. The molecule has 1 saturated heterocycles. The number of imide groups is 1. The molecule has 11 heteroatoms. The molecule has 2 N–H and O–H groups in total. The van der Waals surface area contributed by atoms with E-state index in [0.29, 0.717) is 0 Å². The van der Waals surface area contributed by atoms with Crippen molar-refractivity contribution in [2.75, 3.05) is 4.90 Å². The molecule has 0 unspecified atom stereocenters. The lowest BCUT2D eigenvalue weighted by Crippen LogP contribution is -2.69. The highest BCUT2D eigenvalue weighted by atomic mass is 35.5. The van der Waals surface area contributed by atoms with Gasteiger partial charge in [-0.05, 0) is 42.5 Å². The maximum atomic E-state index is 13.8. The summed E-state index contributed by atoms with van der Waals surface area (Å²) >= 11 is 5.76. The van der Waals surface area contributed by atoms with Gasteiger partial charge in [0.2, 0.25) is 0 Å². The van der Waals surface area contributed by atoms with Crippen molar-refractivity contribution >= 4 is 35.1 Å². The van der Waals surface area contributed by atoms with Crippen LogP contribution in [-0.2, 0) is 4.79 Å². The highest BCUT2D eigenvalue weighted by Gasteiger charge is 2.69. The molecule has 0 spiro atoms. The van der Waals surface area contributed by atoms with E-state index in [1.54, 1.807) is 0 Å². The Morgan fingerprint density at radius 1 is 1.11 bits per heavy atom. The molecule has 1 fully saturated rings. The van der Waals surface area contributed by atoms with Crippen LogP contribution < -0.4 is 15.5 Å². The van der Waals surface area contributed by atoms with Crippen LogP contribution in [0.4, 0.5) is 28.0 Å². The van der Waals surface area contributed by atoms with E-state index in [2.05, 4.69) is 0 Å². The zero-order chi connectivity index (χ0) is 20.7. The van der Waals surface area contributed by atoms with E-state index < -0.39 is 35.5 Å². The fourth-order valence-corrected chi connectivity index (χ4v) is 2.76. The van der Waals surface area contributed by atoms with Crippen molar-refractivity contribution < 1.29 is 31.9 Å². The molecule has 6 nitrogen and oxygen atoms in total. The number of carbonyl (C=O) groups is 3. The second kappa shape index (κ2) is 6.79. The number of nitrogens with zero attached hydrogens (tertiary/aromatic N) is 1. The van der Waals surface area contributed by atoms with Gasteiger partial charge in [0.15, 0.2) is 0 Å². The monoisotopic (exact) mass is 415 g/mol. The predicted octanol–water partition coefficient (Wildman–Crippen LogP) is 3.22. The maximum Gasteiger partial charge on any atom is 0.440 e. The van der Waals surface area contributed by atoms with Gasteiger partial charge in [-0.2, -0.15) is 13.2 Å². The Morgan fingerprint density at radius 3 is 2.32 bits per heavy atom. The van der Waals surface area contributed by atoms with Crippen molar-refractivity contribution in [3.63, 3.8) is 0 Å². The van der Waals surface area contributed by atoms with Crippen LogP contribution >= 0.6 is 11.6 Å². The van der Waals surface area contributed by atoms with Crippen molar-refractivity contribution in [3.8, 4) is 0 Å². The molecule has 1 aliphatic heterocycles. The van der Waals surface area contributed by atoms with Gasteiger partial charge in [0, 0.05) is 10.6 Å². The number of benzene rings is 2. The molecule has 0 aromatic heterocycles. The minimum absolute atomic E-state index is 0.0814. The van der Waals surface area contributed by atoms with E-state index >= 15 is 0 Å². The molecule has 0 radical (unpaired) electrons. The van der Waals surface area contributed by atoms with E-state index in [1.165, 1.54) is 28.8 Å². The third kappa shape index (κ3) is 3.26. The molecule has 0 bridgehead atoms. The van der Waals surface area contributed by atoms with Gasteiger partial charge in [0.05, 0.1) is 5.69 Å². The first-order chi connectivity index (χ1) is 13.0. The number of hydrogen-bond donors (Lipinski definition) is 2. The zero-order valence-corrected chi connectivity index (χ0v) is 14.4. The minimum atomic E-state index is -5.37. The van der Waals surface area contributed by atoms with E-state index in [1.807, 2.05) is 0 Å². The highest BCUT2D eigenvalue weighted by Crippen LogP contribution is 2.36. The van der Waals surface area contributed by atoms with Gasteiger partial charge >= 0.3 is 12.2 Å². The molecular formula is C17H10ClF4N3O3. The molecule has 1 atom stereocenters. The predicted molar refractivity (Wildman–Crippen MR) is 90.1 cm³/mol. The Morgan fingerprint density at radius 2 is 1.75 bits per heavy atom. The fraction of sp³-hybridized carbons (Fsp3) is 0.118. The Labute approximate surface area is 160 Å². The average molecular weight is 416 g/mol. The van der Waals surface area contributed by atoms with Gasteiger partial charge in [-0.25, -0.2) is 14.1 Å². The molecule has 2 aromatic rings. The molecule has 3 rings (SSSR count). The lowest BCUT2D eigenvalue weighted by atomic mass is 10.1. The number of alkyl halides is 3. The lowest BCUT2D eigenvalue weighted by molar-refractivity contribution is -0.197. The van der Waals surface area contributed by atoms with E-state index in [-0.39, 0.29) is 21.2 Å². The number of nitrogens with one attached hydrogen (secondary N) is 2. The normalized spacial score (nSPS) is 19.5. The summed E-state index contributed by atoms with van der Waals surface area (Å²) in [5, 5.41) is 3.10. The second-order valence-corrected chi connectivity index (χ2v) is 6.20. The second-order valence-electron chi connectivity index (χ2n) is 5.76. The van der Waals surface area contributed by atoms with Crippen LogP contribution in [0.1, 0.15) is 10.4 Å². The summed E-state index contributed by atoms with van der Waals surface area (Å²) in [6, 6.07) is 7.26. The van der Waals surface area contributed by atoms with Crippen molar-refractivity contribution in [3.05, 3.63) is 64.9 Å². The van der Waals surface area contributed by atoms with Gasteiger partial charge < -0.3 is 5.32 Å². The molecular weight excluding hydrogens is 406 g/mol. The molecule has 146 valence electrons. The van der Waals surface area contributed by atoms with Crippen molar-refractivity contribution in [1.29, 1.82) is 0 Å². The smallest absolute Gasteiger partial charge is 0.314 e. The van der Waals surface area contributed by atoms with Gasteiger partial charge in [0.1, 0.15) is 5.82 Å². The first-order valence-corrected chi connectivity index (χ1v) is 8.00. The van der Waals surface area contributed by atoms with Crippen LogP contribution in [0.2, 0.25) is 5.02 Å². The summed E-state index contributed by atoms with van der Waals surface area (Å²) < 4.78 is 54.3. The fourth-order valence-electron chi connectivity index (χ4n) is 2.57. The van der Waals surface area contributed by atoms with Crippen LogP contribution in [0.25, 0.3) is 0 Å². The minimum Gasteiger partial charge on any atom is -0.314 e. The molecule has 0 aliphatic carbocycles. The largest absolute Gasteiger partial charge is 0.440 e. The Hall–Kier alpha value is -3.14. The Kier molecular flexibility index (Phi) is 4.76. The van der Waals surface area contributed by atoms with Gasteiger partial charge in [0.25, 0.3) is 17.5 Å². The standard InChI is InChI=1S/C17H10ClF4N3O3/c18-10-2-1-3-12(8-10)25-14(27)16(17(20,21)22,24-15(25)28)23-13(26)9-4-6-11(19)7-5-9/h1-8H,(H,23,26)(H,24,28)/t16-/m0/s1. The van der Waals surface area contributed by atoms with Crippen LogP contribution in [0.5, 0.6) is 0 Å². The Balaban J connectivity index is 2.00. The van der Waals surface area contributed by atoms with Crippen LogP contribution in [-0.4, -0.2) is 29.7 Å². The van der Waals surface area contributed by atoms with Crippen LogP contribution in [0.3, 0.4) is 0 Å². The van der Waals surface area contributed by atoms with Gasteiger partial charge in [-0.3, -0.25) is 14.9 Å². The number of rotatable bonds is 3. The summed E-state index contributed by atoms with van der Waals surface area (Å²) in [4.78, 5) is 37.3. The summed E-state index contributed by atoms with van der Waals surface area (Å²) in [7, 11) is 0. The summed E-state index contributed by atoms with van der Waals surface area (Å²) in [5.41, 5.74) is -4.25.